The predicted molar refractivity (Wildman–Crippen MR) is 61.5 cm³/mol. The number of unbranched alkanes of at least 4 members (excludes halogenated alkanes) is 1. The molecule has 0 spiro atoms. The highest BCUT2D eigenvalue weighted by atomic mass is 32.2. The number of rotatable bonds is 7. The van der Waals surface area contributed by atoms with E-state index < -0.39 is 0 Å². The fraction of sp³-hybridized carbons (Fsp3) is 0.900. The highest BCUT2D eigenvalue weighted by Gasteiger charge is 2.16. The van der Waals surface area contributed by atoms with Crippen molar-refractivity contribution in [1.82, 2.24) is 5.32 Å². The second-order valence-electron chi connectivity index (χ2n) is 3.92. The van der Waals surface area contributed by atoms with Crippen LogP contribution in [0.1, 0.15) is 33.1 Å². The second-order valence-corrected chi connectivity index (χ2v) is 5.43. The Morgan fingerprint density at radius 1 is 1.43 bits per heavy atom. The Kier molecular flexibility index (Phi) is 7.01. The lowest BCUT2D eigenvalue weighted by Crippen LogP contribution is -2.35. The minimum atomic E-state index is 0.0839. The van der Waals surface area contributed by atoms with Gasteiger partial charge in [0.05, 0.1) is 0 Å². The summed E-state index contributed by atoms with van der Waals surface area (Å²) in [6.45, 7) is 5.08. The van der Waals surface area contributed by atoms with Crippen molar-refractivity contribution in [2.45, 2.75) is 37.9 Å². The third-order valence-corrected chi connectivity index (χ3v) is 3.33. The molecule has 2 N–H and O–H groups in total. The lowest BCUT2D eigenvalue weighted by atomic mass is 10.2. The Morgan fingerprint density at radius 2 is 2.07 bits per heavy atom. The molecule has 0 saturated carbocycles. The van der Waals surface area contributed by atoms with Crippen LogP contribution in [0.15, 0.2) is 0 Å². The Balaban J connectivity index is 3.53. The van der Waals surface area contributed by atoms with Crippen LogP contribution in [0.3, 0.4) is 0 Å². The first-order valence-electron chi connectivity index (χ1n) is 4.94. The zero-order valence-corrected chi connectivity index (χ0v) is 10.1. The molecule has 4 heteroatoms. The average molecular weight is 219 g/mol. The monoisotopic (exact) mass is 219 g/mol. The number of thioether (sulfide) groups is 1. The first-order valence-corrected chi connectivity index (χ1v) is 6.17. The van der Waals surface area contributed by atoms with Crippen molar-refractivity contribution >= 4 is 17.7 Å². The lowest BCUT2D eigenvalue weighted by molar-refractivity contribution is -0.121. The molecule has 0 radical (unpaired) electrons. The fourth-order valence-electron chi connectivity index (χ4n) is 0.869. The van der Waals surface area contributed by atoms with Crippen molar-refractivity contribution in [1.29, 1.82) is 0 Å². The van der Waals surface area contributed by atoms with Gasteiger partial charge in [-0.25, -0.2) is 0 Å². The molecular weight excluding hydrogens is 198 g/mol. The summed E-state index contributed by atoms with van der Waals surface area (Å²) in [6, 6.07) is 0. The third kappa shape index (κ3) is 7.21. The first-order chi connectivity index (χ1) is 6.52. The molecule has 0 saturated heterocycles. The van der Waals surface area contributed by atoms with Gasteiger partial charge in [-0.3, -0.25) is 4.79 Å². The Bertz CT molecular complexity index is 172. The van der Waals surface area contributed by atoms with E-state index in [1.165, 1.54) is 0 Å². The van der Waals surface area contributed by atoms with Gasteiger partial charge < -0.3 is 10.4 Å². The van der Waals surface area contributed by atoms with Crippen LogP contribution < -0.4 is 5.32 Å². The minimum absolute atomic E-state index is 0.0839. The summed E-state index contributed by atoms with van der Waals surface area (Å²) < 4.78 is 0.104. The van der Waals surface area contributed by atoms with Gasteiger partial charge in [-0.1, -0.05) is 0 Å². The normalized spacial score (nSPS) is 11.4. The Hall–Kier alpha value is -0.220. The number of carbonyl (C=O) groups excluding carboxylic acids is 1. The molecule has 0 rings (SSSR count). The summed E-state index contributed by atoms with van der Waals surface area (Å²) in [5.41, 5.74) is 0. The molecule has 0 aromatic carbocycles. The molecule has 0 heterocycles. The van der Waals surface area contributed by atoms with Gasteiger partial charge in [-0.05, 0) is 32.9 Å². The van der Waals surface area contributed by atoms with Crippen LogP contribution in [0.25, 0.3) is 0 Å². The molecule has 0 aliphatic rings. The van der Waals surface area contributed by atoms with E-state index in [1.807, 2.05) is 6.26 Å². The molecule has 1 amide bonds. The van der Waals surface area contributed by atoms with Crippen molar-refractivity contribution in [3.63, 3.8) is 0 Å². The molecule has 14 heavy (non-hydrogen) atoms. The molecule has 0 aliphatic carbocycles. The summed E-state index contributed by atoms with van der Waals surface area (Å²) in [7, 11) is 0. The summed E-state index contributed by atoms with van der Waals surface area (Å²) in [5.74, 6) is 0.0839. The minimum Gasteiger partial charge on any atom is -0.396 e. The number of amides is 1. The fourth-order valence-corrected chi connectivity index (χ4v) is 1.09. The van der Waals surface area contributed by atoms with Crippen molar-refractivity contribution in [2.75, 3.05) is 19.4 Å². The van der Waals surface area contributed by atoms with Gasteiger partial charge in [0.1, 0.15) is 0 Å². The number of hydrogen-bond acceptors (Lipinski definition) is 3. The van der Waals surface area contributed by atoms with E-state index in [9.17, 15) is 4.79 Å². The van der Waals surface area contributed by atoms with Crippen LogP contribution in [0.5, 0.6) is 0 Å². The summed E-state index contributed by atoms with van der Waals surface area (Å²) in [5, 5.41) is 11.4. The molecule has 0 atom stereocenters. The summed E-state index contributed by atoms with van der Waals surface area (Å²) in [4.78, 5) is 11.3. The van der Waals surface area contributed by atoms with E-state index in [4.69, 9.17) is 5.11 Å². The summed E-state index contributed by atoms with van der Waals surface area (Å²) >= 11 is 1.74. The lowest BCUT2D eigenvalue weighted by Gasteiger charge is -2.22. The van der Waals surface area contributed by atoms with Gasteiger partial charge in [-0.15, -0.1) is 0 Å². The molecule has 0 aliphatic heterocycles. The van der Waals surface area contributed by atoms with Crippen molar-refractivity contribution < 1.29 is 9.90 Å². The molecule has 0 unspecified atom stereocenters. The average Bonchev–Trinajstić information content (AvgIpc) is 2.16. The number of carbonyl (C=O) groups is 1. The predicted octanol–water partition coefficient (Wildman–Crippen LogP) is 1.41. The van der Waals surface area contributed by atoms with Gasteiger partial charge in [0, 0.05) is 24.3 Å². The topological polar surface area (TPSA) is 49.3 Å². The third-order valence-electron chi connectivity index (χ3n) is 2.08. The summed E-state index contributed by atoms with van der Waals surface area (Å²) in [6.07, 6.45) is 4.03. The van der Waals surface area contributed by atoms with E-state index in [1.54, 1.807) is 11.8 Å². The van der Waals surface area contributed by atoms with Crippen LogP contribution in [-0.4, -0.2) is 35.2 Å². The van der Waals surface area contributed by atoms with E-state index in [2.05, 4.69) is 19.2 Å². The molecular formula is C10H21NO2S. The molecule has 0 aromatic rings. The number of hydrogen-bond donors (Lipinski definition) is 2. The Morgan fingerprint density at radius 3 is 2.57 bits per heavy atom. The van der Waals surface area contributed by atoms with Gasteiger partial charge in [0.15, 0.2) is 0 Å². The van der Waals surface area contributed by atoms with Crippen LogP contribution in [0, 0.1) is 0 Å². The van der Waals surface area contributed by atoms with Crippen LogP contribution in [-0.2, 0) is 4.79 Å². The van der Waals surface area contributed by atoms with E-state index in [0.717, 1.165) is 6.42 Å². The molecule has 0 bridgehead atoms. The van der Waals surface area contributed by atoms with Crippen molar-refractivity contribution in [3.05, 3.63) is 0 Å². The van der Waals surface area contributed by atoms with Gasteiger partial charge in [0.25, 0.3) is 0 Å². The zero-order valence-electron chi connectivity index (χ0n) is 9.30. The largest absolute Gasteiger partial charge is 0.396 e. The molecule has 0 fully saturated rings. The van der Waals surface area contributed by atoms with E-state index >= 15 is 0 Å². The smallest absolute Gasteiger partial charge is 0.220 e. The quantitative estimate of drug-likeness (QED) is 0.636. The van der Waals surface area contributed by atoms with Crippen LogP contribution in [0.4, 0.5) is 0 Å². The SMILES string of the molecule is CSC(C)(C)CNC(=O)CCCCO. The first kappa shape index (κ1) is 13.8. The highest BCUT2D eigenvalue weighted by Crippen LogP contribution is 2.19. The number of aliphatic hydroxyl groups is 1. The second kappa shape index (κ2) is 7.12. The maximum absolute atomic E-state index is 11.3. The molecule has 0 aromatic heterocycles. The Labute approximate surface area is 90.7 Å². The van der Waals surface area contributed by atoms with Gasteiger partial charge >= 0.3 is 0 Å². The molecule has 84 valence electrons. The van der Waals surface area contributed by atoms with Crippen LogP contribution >= 0.6 is 11.8 Å². The van der Waals surface area contributed by atoms with Gasteiger partial charge in [-0.2, -0.15) is 11.8 Å². The molecule has 3 nitrogen and oxygen atoms in total. The van der Waals surface area contributed by atoms with E-state index in [0.29, 0.717) is 19.4 Å². The van der Waals surface area contributed by atoms with Crippen molar-refractivity contribution in [2.24, 2.45) is 0 Å². The van der Waals surface area contributed by atoms with Crippen LogP contribution in [0.2, 0.25) is 0 Å². The number of nitrogens with one attached hydrogen (secondary N) is 1. The maximum atomic E-state index is 11.3. The zero-order chi connectivity index (χ0) is 11.0. The highest BCUT2D eigenvalue weighted by molar-refractivity contribution is 7.99. The van der Waals surface area contributed by atoms with Gasteiger partial charge in [0.2, 0.25) is 5.91 Å². The maximum Gasteiger partial charge on any atom is 0.220 e. The standard InChI is InChI=1S/C10H21NO2S/c1-10(2,14-3)8-11-9(13)6-4-5-7-12/h12H,4-8H2,1-3H3,(H,11,13). The van der Waals surface area contributed by atoms with Crippen molar-refractivity contribution in [3.8, 4) is 0 Å². The van der Waals surface area contributed by atoms with E-state index in [-0.39, 0.29) is 17.3 Å². The number of aliphatic hydroxyl groups excluding tert-OH is 1.